The Morgan fingerprint density at radius 2 is 2.27 bits per heavy atom. The van der Waals surface area contributed by atoms with Crippen LogP contribution in [0.5, 0.6) is 0 Å². The SMILES string of the molecule is C[C@H]1CO[C@H](c2cccc(Cl)c2)CN1Cc1nccc(N)n1. The lowest BCUT2D eigenvalue weighted by molar-refractivity contribution is -0.0640. The van der Waals surface area contributed by atoms with Crippen LogP contribution < -0.4 is 5.73 Å². The molecule has 116 valence electrons. The summed E-state index contributed by atoms with van der Waals surface area (Å²) in [5.41, 5.74) is 6.82. The number of nitrogen functional groups attached to an aromatic ring is 1. The van der Waals surface area contributed by atoms with Gasteiger partial charge in [0.05, 0.1) is 19.3 Å². The van der Waals surface area contributed by atoms with Crippen LogP contribution in [0.2, 0.25) is 5.02 Å². The van der Waals surface area contributed by atoms with Gasteiger partial charge in [-0.05, 0) is 30.7 Å². The van der Waals surface area contributed by atoms with Crippen LogP contribution in [0.4, 0.5) is 5.82 Å². The van der Waals surface area contributed by atoms with Gasteiger partial charge in [-0.3, -0.25) is 4.90 Å². The molecule has 0 radical (unpaired) electrons. The zero-order valence-corrected chi connectivity index (χ0v) is 13.2. The molecule has 1 aromatic heterocycles. The number of rotatable bonds is 3. The molecular formula is C16H19ClN4O. The first-order valence-electron chi connectivity index (χ1n) is 7.30. The summed E-state index contributed by atoms with van der Waals surface area (Å²) in [7, 11) is 0. The van der Waals surface area contributed by atoms with Crippen LogP contribution in [0.1, 0.15) is 24.4 Å². The van der Waals surface area contributed by atoms with Crippen LogP contribution in [-0.4, -0.2) is 34.1 Å². The molecule has 1 aliphatic rings. The maximum atomic E-state index is 6.07. The first-order chi connectivity index (χ1) is 10.6. The summed E-state index contributed by atoms with van der Waals surface area (Å²) >= 11 is 6.07. The highest BCUT2D eigenvalue weighted by Gasteiger charge is 2.27. The van der Waals surface area contributed by atoms with Gasteiger partial charge >= 0.3 is 0 Å². The number of aromatic nitrogens is 2. The van der Waals surface area contributed by atoms with Gasteiger partial charge in [0.15, 0.2) is 0 Å². The molecule has 2 aromatic rings. The average molecular weight is 319 g/mol. The fourth-order valence-corrected chi connectivity index (χ4v) is 2.81. The van der Waals surface area contributed by atoms with E-state index < -0.39 is 0 Å². The lowest BCUT2D eigenvalue weighted by Crippen LogP contribution is -2.44. The van der Waals surface area contributed by atoms with Crippen LogP contribution >= 0.6 is 11.6 Å². The van der Waals surface area contributed by atoms with Crippen LogP contribution in [-0.2, 0) is 11.3 Å². The number of nitrogens with zero attached hydrogens (tertiary/aromatic N) is 3. The number of hydrogen-bond acceptors (Lipinski definition) is 5. The molecule has 1 aliphatic heterocycles. The van der Waals surface area contributed by atoms with Crippen LogP contribution in [0.25, 0.3) is 0 Å². The standard InChI is InChI=1S/C16H19ClN4O/c1-11-10-22-14(12-3-2-4-13(17)7-12)8-21(11)9-16-19-6-5-15(18)20-16/h2-7,11,14H,8-10H2,1H3,(H2,18,19,20)/t11-,14-/m0/s1. The van der Waals surface area contributed by atoms with Gasteiger partial charge < -0.3 is 10.5 Å². The van der Waals surface area contributed by atoms with Gasteiger partial charge in [0.25, 0.3) is 0 Å². The molecule has 2 N–H and O–H groups in total. The molecule has 0 unspecified atom stereocenters. The van der Waals surface area contributed by atoms with Gasteiger partial charge in [0.2, 0.25) is 0 Å². The number of halogens is 1. The van der Waals surface area contributed by atoms with E-state index in [9.17, 15) is 0 Å². The van der Waals surface area contributed by atoms with Crippen molar-refractivity contribution in [2.45, 2.75) is 25.6 Å². The van der Waals surface area contributed by atoms with E-state index in [-0.39, 0.29) is 6.10 Å². The highest BCUT2D eigenvalue weighted by atomic mass is 35.5. The van der Waals surface area contributed by atoms with E-state index in [1.807, 2.05) is 24.3 Å². The van der Waals surface area contributed by atoms with Crippen molar-refractivity contribution in [3.63, 3.8) is 0 Å². The highest BCUT2D eigenvalue weighted by molar-refractivity contribution is 6.30. The predicted molar refractivity (Wildman–Crippen MR) is 86.5 cm³/mol. The number of benzene rings is 1. The summed E-state index contributed by atoms with van der Waals surface area (Å²) in [4.78, 5) is 10.9. The van der Waals surface area contributed by atoms with E-state index in [0.717, 1.165) is 23.0 Å². The largest absolute Gasteiger partial charge is 0.384 e. The molecule has 0 amide bonds. The summed E-state index contributed by atoms with van der Waals surface area (Å²) in [6, 6.07) is 9.82. The third-order valence-electron chi connectivity index (χ3n) is 3.85. The van der Waals surface area contributed by atoms with E-state index >= 15 is 0 Å². The fraction of sp³-hybridized carbons (Fsp3) is 0.375. The van der Waals surface area contributed by atoms with Gasteiger partial charge in [-0.15, -0.1) is 0 Å². The number of nitrogens with two attached hydrogens (primary N) is 1. The summed E-state index contributed by atoms with van der Waals surface area (Å²) in [6.07, 6.45) is 1.70. The molecule has 0 saturated carbocycles. The molecule has 0 aliphatic carbocycles. The minimum atomic E-state index is 0.0101. The Balaban J connectivity index is 1.73. The lowest BCUT2D eigenvalue weighted by Gasteiger charge is -2.37. The Kier molecular flexibility index (Phi) is 4.57. The number of ether oxygens (including phenoxy) is 1. The first-order valence-corrected chi connectivity index (χ1v) is 7.68. The summed E-state index contributed by atoms with van der Waals surface area (Å²) < 4.78 is 5.96. The van der Waals surface area contributed by atoms with E-state index in [0.29, 0.717) is 25.0 Å². The van der Waals surface area contributed by atoms with E-state index in [2.05, 4.69) is 21.8 Å². The normalized spacial score (nSPS) is 22.6. The van der Waals surface area contributed by atoms with Crippen molar-refractivity contribution >= 4 is 17.4 Å². The summed E-state index contributed by atoms with van der Waals surface area (Å²) in [6.45, 7) is 4.24. The third kappa shape index (κ3) is 3.55. The highest BCUT2D eigenvalue weighted by Crippen LogP contribution is 2.27. The lowest BCUT2D eigenvalue weighted by atomic mass is 10.1. The van der Waals surface area contributed by atoms with Gasteiger partial charge in [-0.2, -0.15) is 0 Å². The molecule has 2 atom stereocenters. The van der Waals surface area contributed by atoms with Gasteiger partial charge in [0, 0.05) is 23.8 Å². The zero-order valence-electron chi connectivity index (χ0n) is 12.4. The Hall–Kier alpha value is -1.69. The van der Waals surface area contributed by atoms with Crippen molar-refractivity contribution in [1.29, 1.82) is 0 Å². The number of hydrogen-bond donors (Lipinski definition) is 1. The molecule has 1 aromatic carbocycles. The molecule has 22 heavy (non-hydrogen) atoms. The van der Waals surface area contributed by atoms with Gasteiger partial charge in [0.1, 0.15) is 11.6 Å². The monoisotopic (exact) mass is 318 g/mol. The van der Waals surface area contributed by atoms with Crippen molar-refractivity contribution in [3.8, 4) is 0 Å². The Morgan fingerprint density at radius 3 is 3.05 bits per heavy atom. The van der Waals surface area contributed by atoms with E-state index in [1.54, 1.807) is 12.3 Å². The Morgan fingerprint density at radius 1 is 1.41 bits per heavy atom. The maximum Gasteiger partial charge on any atom is 0.144 e. The van der Waals surface area contributed by atoms with Crippen LogP contribution in [0, 0.1) is 0 Å². The second-order valence-corrected chi connectivity index (χ2v) is 5.99. The molecule has 0 spiro atoms. The second-order valence-electron chi connectivity index (χ2n) is 5.55. The maximum absolute atomic E-state index is 6.07. The smallest absolute Gasteiger partial charge is 0.144 e. The minimum Gasteiger partial charge on any atom is -0.384 e. The molecule has 5 nitrogen and oxygen atoms in total. The van der Waals surface area contributed by atoms with E-state index in [1.165, 1.54) is 0 Å². The molecule has 1 saturated heterocycles. The van der Waals surface area contributed by atoms with Crippen molar-refractivity contribution in [2.75, 3.05) is 18.9 Å². The summed E-state index contributed by atoms with van der Waals surface area (Å²) in [5, 5.41) is 0.727. The van der Waals surface area contributed by atoms with Crippen molar-refractivity contribution < 1.29 is 4.74 Å². The zero-order chi connectivity index (χ0) is 15.5. The summed E-state index contributed by atoms with van der Waals surface area (Å²) in [5.74, 6) is 1.23. The average Bonchev–Trinajstić information content (AvgIpc) is 2.49. The topological polar surface area (TPSA) is 64.3 Å². The Bertz CT molecular complexity index is 652. The quantitative estimate of drug-likeness (QED) is 0.942. The molecular weight excluding hydrogens is 300 g/mol. The molecule has 2 heterocycles. The minimum absolute atomic E-state index is 0.0101. The van der Waals surface area contributed by atoms with Crippen LogP contribution in [0.3, 0.4) is 0 Å². The molecule has 0 bridgehead atoms. The van der Waals surface area contributed by atoms with E-state index in [4.69, 9.17) is 22.1 Å². The Labute approximate surface area is 135 Å². The molecule has 6 heteroatoms. The van der Waals surface area contributed by atoms with Crippen molar-refractivity contribution in [3.05, 3.63) is 52.9 Å². The molecule has 1 fully saturated rings. The van der Waals surface area contributed by atoms with Gasteiger partial charge in [-0.25, -0.2) is 9.97 Å². The van der Waals surface area contributed by atoms with Crippen molar-refractivity contribution in [1.82, 2.24) is 14.9 Å². The van der Waals surface area contributed by atoms with Crippen molar-refractivity contribution in [2.24, 2.45) is 0 Å². The molecule has 3 rings (SSSR count). The third-order valence-corrected chi connectivity index (χ3v) is 4.09. The van der Waals surface area contributed by atoms with Gasteiger partial charge in [-0.1, -0.05) is 23.7 Å². The van der Waals surface area contributed by atoms with Crippen LogP contribution in [0.15, 0.2) is 36.5 Å². The number of anilines is 1. The number of morpholine rings is 1. The first kappa shape index (κ1) is 15.2. The second kappa shape index (κ2) is 6.60. The predicted octanol–water partition coefficient (Wildman–Crippen LogP) is 2.67. The fourth-order valence-electron chi connectivity index (χ4n) is 2.61.